The van der Waals surface area contributed by atoms with Crippen molar-refractivity contribution in [2.75, 3.05) is 0 Å². The molecule has 0 atom stereocenters. The zero-order valence-corrected chi connectivity index (χ0v) is 14.4. The largest absolute Gasteiger partial charge is 0.416 e. The topological polar surface area (TPSA) is 44.1 Å². The minimum absolute atomic E-state index is 0.130. The maximum Gasteiger partial charge on any atom is 0.416 e. The van der Waals surface area contributed by atoms with Crippen LogP contribution in [0, 0.1) is 11.3 Å². The fraction of sp³-hybridized carbons (Fsp3) is 0.238. The van der Waals surface area contributed by atoms with E-state index in [4.69, 9.17) is 5.26 Å². The summed E-state index contributed by atoms with van der Waals surface area (Å²) in [5.41, 5.74) is 1.30. The summed E-state index contributed by atoms with van der Waals surface area (Å²) >= 11 is 0. The highest BCUT2D eigenvalue weighted by Gasteiger charge is 2.32. The van der Waals surface area contributed by atoms with E-state index in [1.807, 2.05) is 6.07 Å². The molecule has 0 saturated heterocycles. The van der Waals surface area contributed by atoms with E-state index >= 15 is 0 Å². The van der Waals surface area contributed by atoms with Crippen molar-refractivity contribution >= 4 is 12.0 Å². The van der Waals surface area contributed by atoms with E-state index in [0.29, 0.717) is 11.1 Å². The molecular formula is C21H17F3N2O. The SMILES string of the molecule is N#Cc1ccc(/C=C/C(=O)N(Cc2ccc(C(F)(F)F)cc2)C2CC2)cc1. The van der Waals surface area contributed by atoms with Crippen molar-refractivity contribution < 1.29 is 18.0 Å². The maximum atomic E-state index is 12.7. The summed E-state index contributed by atoms with van der Waals surface area (Å²) in [6.07, 6.45) is 0.567. The Morgan fingerprint density at radius 2 is 1.74 bits per heavy atom. The highest BCUT2D eigenvalue weighted by molar-refractivity contribution is 5.92. The first-order chi connectivity index (χ1) is 12.9. The Hall–Kier alpha value is -3.07. The third kappa shape index (κ3) is 4.98. The van der Waals surface area contributed by atoms with Crippen molar-refractivity contribution in [3.8, 4) is 6.07 Å². The van der Waals surface area contributed by atoms with Crippen LogP contribution in [-0.2, 0) is 17.5 Å². The van der Waals surface area contributed by atoms with Crippen molar-refractivity contribution in [2.45, 2.75) is 31.6 Å². The molecule has 0 radical (unpaired) electrons. The number of nitrogens with zero attached hydrogens (tertiary/aromatic N) is 2. The number of carbonyl (C=O) groups excluding carboxylic acids is 1. The molecule has 0 heterocycles. The van der Waals surface area contributed by atoms with E-state index in [2.05, 4.69) is 0 Å². The summed E-state index contributed by atoms with van der Waals surface area (Å²) in [6, 6.07) is 13.9. The lowest BCUT2D eigenvalue weighted by Crippen LogP contribution is -2.31. The van der Waals surface area contributed by atoms with Gasteiger partial charge < -0.3 is 4.90 Å². The van der Waals surface area contributed by atoms with Crippen molar-refractivity contribution in [1.29, 1.82) is 5.26 Å². The highest BCUT2D eigenvalue weighted by atomic mass is 19.4. The number of halogens is 3. The first kappa shape index (κ1) is 18.7. The zero-order valence-electron chi connectivity index (χ0n) is 14.4. The number of rotatable bonds is 5. The summed E-state index contributed by atoms with van der Waals surface area (Å²) in [5, 5.41) is 8.80. The molecule has 1 saturated carbocycles. The highest BCUT2D eigenvalue weighted by Crippen LogP contribution is 2.31. The van der Waals surface area contributed by atoms with E-state index in [-0.39, 0.29) is 18.5 Å². The van der Waals surface area contributed by atoms with E-state index in [1.165, 1.54) is 18.2 Å². The van der Waals surface area contributed by atoms with Crippen LogP contribution in [0.15, 0.2) is 54.6 Å². The van der Waals surface area contributed by atoms with Gasteiger partial charge in [-0.25, -0.2) is 0 Å². The van der Waals surface area contributed by atoms with Crippen LogP contribution < -0.4 is 0 Å². The predicted octanol–water partition coefficient (Wildman–Crippen LogP) is 4.78. The van der Waals surface area contributed by atoms with Crippen molar-refractivity contribution in [1.82, 2.24) is 4.90 Å². The number of amides is 1. The van der Waals surface area contributed by atoms with Crippen molar-refractivity contribution in [3.05, 3.63) is 76.9 Å². The Balaban J connectivity index is 1.68. The van der Waals surface area contributed by atoms with Gasteiger partial charge in [-0.15, -0.1) is 0 Å². The molecule has 1 fully saturated rings. The van der Waals surface area contributed by atoms with Crippen LogP contribution in [0.3, 0.4) is 0 Å². The van der Waals surface area contributed by atoms with E-state index in [0.717, 1.165) is 30.5 Å². The molecule has 138 valence electrons. The van der Waals surface area contributed by atoms with Crippen LogP contribution in [0.1, 0.15) is 35.1 Å². The van der Waals surface area contributed by atoms with Gasteiger partial charge in [-0.2, -0.15) is 18.4 Å². The molecule has 0 unspecified atom stereocenters. The van der Waals surface area contributed by atoms with Gasteiger partial charge in [0.1, 0.15) is 0 Å². The molecule has 1 aliphatic carbocycles. The van der Waals surface area contributed by atoms with Crippen LogP contribution in [0.5, 0.6) is 0 Å². The lowest BCUT2D eigenvalue weighted by molar-refractivity contribution is -0.137. The Morgan fingerprint density at radius 1 is 1.11 bits per heavy atom. The molecule has 2 aromatic carbocycles. The molecule has 1 amide bonds. The van der Waals surface area contributed by atoms with Gasteiger partial charge in [-0.1, -0.05) is 24.3 Å². The predicted molar refractivity (Wildman–Crippen MR) is 95.2 cm³/mol. The van der Waals surface area contributed by atoms with Crippen LogP contribution in [0.2, 0.25) is 0 Å². The van der Waals surface area contributed by atoms with Gasteiger partial charge >= 0.3 is 6.18 Å². The Labute approximate surface area is 155 Å². The zero-order chi connectivity index (χ0) is 19.4. The standard InChI is InChI=1S/C21H17F3N2O/c22-21(23,24)18-8-5-17(6-9-18)14-26(19-10-11-19)20(27)12-7-15-1-3-16(13-25)4-2-15/h1-9,12,19H,10-11,14H2/b12-7+. The average Bonchev–Trinajstić information content (AvgIpc) is 3.49. The van der Waals surface area contributed by atoms with Gasteiger partial charge in [0.2, 0.25) is 5.91 Å². The van der Waals surface area contributed by atoms with Crippen LogP contribution in [0.25, 0.3) is 6.08 Å². The fourth-order valence-corrected chi connectivity index (χ4v) is 2.70. The minimum Gasteiger partial charge on any atom is -0.332 e. The molecule has 0 spiro atoms. The quantitative estimate of drug-likeness (QED) is 0.711. The molecule has 27 heavy (non-hydrogen) atoms. The van der Waals surface area contributed by atoms with Crippen LogP contribution in [0.4, 0.5) is 13.2 Å². The van der Waals surface area contributed by atoms with E-state index in [9.17, 15) is 18.0 Å². The van der Waals surface area contributed by atoms with Crippen LogP contribution >= 0.6 is 0 Å². The van der Waals surface area contributed by atoms with Gasteiger partial charge in [-0.05, 0) is 54.3 Å². The first-order valence-electron chi connectivity index (χ1n) is 8.52. The molecule has 3 nitrogen and oxygen atoms in total. The lowest BCUT2D eigenvalue weighted by Gasteiger charge is -2.21. The molecule has 0 bridgehead atoms. The van der Waals surface area contributed by atoms with E-state index < -0.39 is 11.7 Å². The minimum atomic E-state index is -4.37. The number of hydrogen-bond acceptors (Lipinski definition) is 2. The molecular weight excluding hydrogens is 353 g/mol. The Morgan fingerprint density at radius 3 is 2.26 bits per heavy atom. The third-order valence-electron chi connectivity index (χ3n) is 4.36. The number of alkyl halides is 3. The molecule has 0 N–H and O–H groups in total. The second kappa shape index (κ2) is 7.67. The smallest absolute Gasteiger partial charge is 0.332 e. The summed E-state index contributed by atoms with van der Waals surface area (Å²) < 4.78 is 38.0. The normalized spacial score (nSPS) is 14.1. The van der Waals surface area contributed by atoms with Gasteiger partial charge in [0, 0.05) is 18.7 Å². The summed E-state index contributed by atoms with van der Waals surface area (Å²) in [4.78, 5) is 14.2. The van der Waals surface area contributed by atoms with Gasteiger partial charge in [0.15, 0.2) is 0 Å². The van der Waals surface area contributed by atoms with Gasteiger partial charge in [0.05, 0.1) is 17.2 Å². The van der Waals surface area contributed by atoms with Gasteiger partial charge in [0.25, 0.3) is 0 Å². The maximum absolute atomic E-state index is 12.7. The first-order valence-corrected chi connectivity index (χ1v) is 8.52. The van der Waals surface area contributed by atoms with Crippen molar-refractivity contribution in [3.63, 3.8) is 0 Å². The molecule has 6 heteroatoms. The third-order valence-corrected chi connectivity index (χ3v) is 4.36. The molecule has 0 aromatic heterocycles. The van der Waals surface area contributed by atoms with E-state index in [1.54, 1.807) is 35.2 Å². The number of hydrogen-bond donors (Lipinski definition) is 0. The lowest BCUT2D eigenvalue weighted by atomic mass is 10.1. The molecule has 3 rings (SSSR count). The van der Waals surface area contributed by atoms with Crippen LogP contribution in [-0.4, -0.2) is 16.8 Å². The number of nitriles is 1. The summed E-state index contributed by atoms with van der Waals surface area (Å²) in [7, 11) is 0. The Kier molecular flexibility index (Phi) is 5.31. The van der Waals surface area contributed by atoms with Gasteiger partial charge in [-0.3, -0.25) is 4.79 Å². The average molecular weight is 370 g/mol. The van der Waals surface area contributed by atoms with Crippen molar-refractivity contribution in [2.24, 2.45) is 0 Å². The summed E-state index contributed by atoms with van der Waals surface area (Å²) in [5.74, 6) is -0.179. The molecule has 1 aliphatic rings. The number of benzene rings is 2. The Bertz CT molecular complexity index is 874. The second-order valence-corrected chi connectivity index (χ2v) is 6.46. The monoisotopic (exact) mass is 370 g/mol. The number of carbonyl (C=O) groups is 1. The fourth-order valence-electron chi connectivity index (χ4n) is 2.70. The molecule has 2 aromatic rings. The summed E-state index contributed by atoms with van der Waals surface area (Å²) in [6.45, 7) is 0.277. The molecule has 0 aliphatic heterocycles. The second-order valence-electron chi connectivity index (χ2n) is 6.46.